The molecule has 2 rings (SSSR count). The van der Waals surface area contributed by atoms with Crippen molar-refractivity contribution >= 4 is 11.8 Å². The van der Waals surface area contributed by atoms with Crippen LogP contribution in [0.5, 0.6) is 0 Å². The first-order valence-corrected chi connectivity index (χ1v) is 7.00. The van der Waals surface area contributed by atoms with Gasteiger partial charge in [0.05, 0.1) is 0 Å². The van der Waals surface area contributed by atoms with Crippen LogP contribution in [-0.2, 0) is 0 Å². The van der Waals surface area contributed by atoms with Crippen LogP contribution in [0.3, 0.4) is 0 Å². The molecule has 2 nitrogen and oxygen atoms in total. The molecule has 14 heavy (non-hydrogen) atoms. The number of hydrogen-bond acceptors (Lipinski definition) is 3. The third-order valence-corrected chi connectivity index (χ3v) is 4.67. The molecule has 1 atom stereocenters. The number of nitrogens with zero attached hydrogens (tertiary/aromatic N) is 1. The molecule has 0 aliphatic carbocycles. The quantitative estimate of drug-likeness (QED) is 0.765. The van der Waals surface area contributed by atoms with Gasteiger partial charge in [0.1, 0.15) is 0 Å². The Balaban J connectivity index is 1.60. The number of hydrogen-bond donors (Lipinski definition) is 1. The number of thioether (sulfide) groups is 1. The largest absolute Gasteiger partial charge is 0.314 e. The number of piperidine rings is 1. The maximum absolute atomic E-state index is 3.74. The molecule has 0 aromatic rings. The molecule has 0 amide bonds. The fourth-order valence-corrected chi connectivity index (χ4v) is 3.57. The van der Waals surface area contributed by atoms with Crippen molar-refractivity contribution in [1.29, 1.82) is 0 Å². The van der Waals surface area contributed by atoms with E-state index in [1.54, 1.807) is 0 Å². The van der Waals surface area contributed by atoms with Crippen molar-refractivity contribution in [3.63, 3.8) is 0 Å². The lowest BCUT2D eigenvalue weighted by atomic mass is 10.0. The van der Waals surface area contributed by atoms with Gasteiger partial charge in [0.15, 0.2) is 0 Å². The molecule has 0 radical (unpaired) electrons. The van der Waals surface area contributed by atoms with Gasteiger partial charge in [0, 0.05) is 6.04 Å². The summed E-state index contributed by atoms with van der Waals surface area (Å²) in [6.45, 7) is 3.82. The first kappa shape index (κ1) is 10.8. The van der Waals surface area contributed by atoms with Gasteiger partial charge in [0.2, 0.25) is 0 Å². The Bertz CT molecular complexity index is 161. The Labute approximate surface area is 91.8 Å². The smallest absolute Gasteiger partial charge is 0.00915 e. The summed E-state index contributed by atoms with van der Waals surface area (Å²) in [7, 11) is 2.23. The molecule has 2 aliphatic rings. The monoisotopic (exact) mass is 214 g/mol. The molecule has 2 fully saturated rings. The molecule has 2 aliphatic heterocycles. The van der Waals surface area contributed by atoms with Crippen molar-refractivity contribution in [2.75, 3.05) is 38.2 Å². The standard InChI is InChI=1S/C11H22N2S/c1-13-5-2-11(3-6-13)12-8-10-4-7-14-9-10/h10-12H,2-9H2,1H3. The molecule has 0 saturated carbocycles. The lowest BCUT2D eigenvalue weighted by Crippen LogP contribution is -2.42. The molecule has 1 unspecified atom stereocenters. The van der Waals surface area contributed by atoms with Crippen LogP contribution in [0.1, 0.15) is 19.3 Å². The van der Waals surface area contributed by atoms with E-state index in [9.17, 15) is 0 Å². The van der Waals surface area contributed by atoms with E-state index in [0.717, 1.165) is 12.0 Å². The van der Waals surface area contributed by atoms with Crippen molar-refractivity contribution < 1.29 is 0 Å². The number of nitrogens with one attached hydrogen (secondary N) is 1. The molecular weight excluding hydrogens is 192 g/mol. The predicted octanol–water partition coefficient (Wildman–Crippen LogP) is 1.42. The summed E-state index contributed by atoms with van der Waals surface area (Å²) in [5, 5.41) is 3.74. The highest BCUT2D eigenvalue weighted by Crippen LogP contribution is 2.23. The molecule has 2 saturated heterocycles. The van der Waals surface area contributed by atoms with Crippen molar-refractivity contribution in [3.8, 4) is 0 Å². The van der Waals surface area contributed by atoms with Crippen LogP contribution in [0.25, 0.3) is 0 Å². The minimum Gasteiger partial charge on any atom is -0.314 e. The Morgan fingerprint density at radius 1 is 1.29 bits per heavy atom. The highest BCUT2D eigenvalue weighted by atomic mass is 32.2. The lowest BCUT2D eigenvalue weighted by Gasteiger charge is -2.30. The van der Waals surface area contributed by atoms with Gasteiger partial charge in [-0.2, -0.15) is 11.8 Å². The van der Waals surface area contributed by atoms with Gasteiger partial charge in [-0.1, -0.05) is 0 Å². The zero-order chi connectivity index (χ0) is 9.80. The molecule has 2 heterocycles. The van der Waals surface area contributed by atoms with Gasteiger partial charge < -0.3 is 10.2 Å². The maximum atomic E-state index is 3.74. The molecule has 0 bridgehead atoms. The maximum Gasteiger partial charge on any atom is 0.00915 e. The molecule has 0 spiro atoms. The number of rotatable bonds is 3. The molecule has 82 valence electrons. The Morgan fingerprint density at radius 3 is 2.71 bits per heavy atom. The highest BCUT2D eigenvalue weighted by Gasteiger charge is 2.19. The Hall–Kier alpha value is 0.270. The van der Waals surface area contributed by atoms with Gasteiger partial charge >= 0.3 is 0 Å². The van der Waals surface area contributed by atoms with Crippen LogP contribution >= 0.6 is 11.8 Å². The van der Waals surface area contributed by atoms with E-state index in [4.69, 9.17) is 0 Å². The van der Waals surface area contributed by atoms with Crippen LogP contribution in [0.15, 0.2) is 0 Å². The lowest BCUT2D eigenvalue weighted by molar-refractivity contribution is 0.231. The second-order valence-corrected chi connectivity index (χ2v) is 5.87. The van der Waals surface area contributed by atoms with Crippen LogP contribution in [-0.4, -0.2) is 49.1 Å². The van der Waals surface area contributed by atoms with Crippen molar-refractivity contribution in [1.82, 2.24) is 10.2 Å². The van der Waals surface area contributed by atoms with E-state index < -0.39 is 0 Å². The van der Waals surface area contributed by atoms with E-state index in [1.807, 2.05) is 0 Å². The highest BCUT2D eigenvalue weighted by molar-refractivity contribution is 7.99. The fourth-order valence-electron chi connectivity index (χ4n) is 2.29. The third kappa shape index (κ3) is 3.14. The second kappa shape index (κ2) is 5.38. The van der Waals surface area contributed by atoms with Gasteiger partial charge in [-0.05, 0) is 63.4 Å². The summed E-state index contributed by atoms with van der Waals surface area (Å²) < 4.78 is 0. The summed E-state index contributed by atoms with van der Waals surface area (Å²) in [4.78, 5) is 2.43. The van der Waals surface area contributed by atoms with E-state index in [0.29, 0.717) is 0 Å². The Morgan fingerprint density at radius 2 is 2.07 bits per heavy atom. The van der Waals surface area contributed by atoms with Gasteiger partial charge in [0.25, 0.3) is 0 Å². The normalized spacial score (nSPS) is 31.1. The SMILES string of the molecule is CN1CCC(NCC2CCSC2)CC1. The average molecular weight is 214 g/mol. The summed E-state index contributed by atoms with van der Waals surface area (Å²) in [5.41, 5.74) is 0. The zero-order valence-corrected chi connectivity index (χ0v) is 9.98. The minimum absolute atomic E-state index is 0.803. The summed E-state index contributed by atoms with van der Waals surface area (Å²) in [6, 6.07) is 0.803. The van der Waals surface area contributed by atoms with Crippen molar-refractivity contribution in [2.24, 2.45) is 5.92 Å². The van der Waals surface area contributed by atoms with Gasteiger partial charge in [-0.3, -0.25) is 0 Å². The molecule has 0 aromatic heterocycles. The van der Waals surface area contributed by atoms with E-state index in [1.165, 1.54) is 50.4 Å². The van der Waals surface area contributed by atoms with Crippen LogP contribution in [0, 0.1) is 5.92 Å². The van der Waals surface area contributed by atoms with Crippen molar-refractivity contribution in [3.05, 3.63) is 0 Å². The molecule has 3 heteroatoms. The number of likely N-dealkylation sites (tertiary alicyclic amines) is 1. The molecule has 1 N–H and O–H groups in total. The fraction of sp³-hybridized carbons (Fsp3) is 1.00. The average Bonchev–Trinajstić information content (AvgIpc) is 2.70. The summed E-state index contributed by atoms with van der Waals surface area (Å²) in [5.74, 6) is 3.74. The first-order chi connectivity index (χ1) is 6.84. The topological polar surface area (TPSA) is 15.3 Å². The van der Waals surface area contributed by atoms with E-state index in [-0.39, 0.29) is 0 Å². The molecule has 0 aromatic carbocycles. The van der Waals surface area contributed by atoms with Gasteiger partial charge in [-0.15, -0.1) is 0 Å². The van der Waals surface area contributed by atoms with E-state index >= 15 is 0 Å². The Kier molecular flexibility index (Phi) is 4.14. The van der Waals surface area contributed by atoms with Crippen LogP contribution < -0.4 is 5.32 Å². The third-order valence-electron chi connectivity index (χ3n) is 3.44. The minimum atomic E-state index is 0.803. The van der Waals surface area contributed by atoms with Crippen LogP contribution in [0.2, 0.25) is 0 Å². The van der Waals surface area contributed by atoms with E-state index in [2.05, 4.69) is 29.0 Å². The first-order valence-electron chi connectivity index (χ1n) is 5.84. The van der Waals surface area contributed by atoms with Crippen molar-refractivity contribution in [2.45, 2.75) is 25.3 Å². The molecular formula is C11H22N2S. The van der Waals surface area contributed by atoms with Crippen LogP contribution in [0.4, 0.5) is 0 Å². The summed E-state index contributed by atoms with van der Waals surface area (Å²) >= 11 is 2.12. The zero-order valence-electron chi connectivity index (χ0n) is 9.17. The second-order valence-electron chi connectivity index (χ2n) is 4.72. The predicted molar refractivity (Wildman–Crippen MR) is 64.0 cm³/mol. The summed E-state index contributed by atoms with van der Waals surface area (Å²) in [6.07, 6.45) is 4.12. The van der Waals surface area contributed by atoms with Gasteiger partial charge in [-0.25, -0.2) is 0 Å².